The van der Waals surface area contributed by atoms with Gasteiger partial charge < -0.3 is 20.1 Å². The molecule has 2 N–H and O–H groups in total. The molecule has 1 aromatic heterocycles. The fourth-order valence-corrected chi connectivity index (χ4v) is 5.94. The number of ether oxygens (including phenoxy) is 1. The summed E-state index contributed by atoms with van der Waals surface area (Å²) >= 11 is 0.931. The summed E-state index contributed by atoms with van der Waals surface area (Å²) in [7, 11) is 3.08. The maximum atomic E-state index is 14.5. The highest BCUT2D eigenvalue weighted by atomic mass is 32.2. The van der Waals surface area contributed by atoms with Gasteiger partial charge in [0.05, 0.1) is 11.3 Å². The third-order valence-electron chi connectivity index (χ3n) is 7.35. The van der Waals surface area contributed by atoms with Gasteiger partial charge in [0.15, 0.2) is 5.78 Å². The van der Waals surface area contributed by atoms with Gasteiger partial charge in [-0.1, -0.05) is 48.5 Å². The van der Waals surface area contributed by atoms with E-state index in [9.17, 15) is 32.7 Å². The summed E-state index contributed by atoms with van der Waals surface area (Å²) in [4.78, 5) is 46.8. The Kier molecular flexibility index (Phi) is 10.4. The number of ketones is 1. The van der Waals surface area contributed by atoms with E-state index < -0.39 is 35.5 Å². The molecular weight excluding hydrogens is 661 g/mol. The number of aliphatic imine (C=N–C) groups is 1. The van der Waals surface area contributed by atoms with Crippen LogP contribution in [0.1, 0.15) is 32.6 Å². The Balaban J connectivity index is 1.40. The molecule has 0 saturated carbocycles. The minimum Gasteiger partial charge on any atom is -0.480 e. The number of amides is 1. The number of hydrogen-bond donors (Lipinski definition) is 2. The average Bonchev–Trinajstić information content (AvgIpc) is 3.58. The number of carbonyl (C=O) groups excluding carboxylic acids is 2. The van der Waals surface area contributed by atoms with Crippen LogP contribution < -0.4 is 10.1 Å². The standard InChI is InChI=1S/C34H29F3N6O5S/c1-43(2)32(47)48-24-14-11-21(12-15-24)17-26(31(45)46)41-29-16-13-23(18-38-29)33(39-20-40-42-33)30-25(34(35,36)37)9-6-10-28(30)49-19-27(44)22-7-4-3-5-8-22/h3-16,18,20,26H,17,19H2,1-2H3,(H,38,41)(H,45,46)/t26-,33?/m0/s1. The number of nitrogens with zero attached hydrogens (tertiary/aromatic N) is 5. The first-order valence-electron chi connectivity index (χ1n) is 14.7. The highest BCUT2D eigenvalue weighted by molar-refractivity contribution is 8.00. The van der Waals surface area contributed by atoms with E-state index in [-0.39, 0.29) is 45.5 Å². The third-order valence-corrected chi connectivity index (χ3v) is 8.41. The lowest BCUT2D eigenvalue weighted by atomic mass is 9.89. The van der Waals surface area contributed by atoms with Crippen molar-refractivity contribution < 1.29 is 37.4 Å². The molecule has 4 aromatic rings. The molecule has 0 aliphatic carbocycles. The second-order valence-corrected chi connectivity index (χ2v) is 12.0. The Morgan fingerprint density at radius 3 is 2.31 bits per heavy atom. The van der Waals surface area contributed by atoms with Crippen molar-refractivity contribution in [1.29, 1.82) is 0 Å². The monoisotopic (exact) mass is 690 g/mol. The molecule has 2 atom stereocenters. The van der Waals surface area contributed by atoms with Gasteiger partial charge in [-0.15, -0.1) is 22.0 Å². The molecule has 0 radical (unpaired) electrons. The van der Waals surface area contributed by atoms with Crippen molar-refractivity contribution in [1.82, 2.24) is 9.88 Å². The Bertz CT molecular complexity index is 1870. The van der Waals surface area contributed by atoms with Crippen molar-refractivity contribution in [2.24, 2.45) is 15.2 Å². The molecule has 15 heteroatoms. The number of anilines is 1. The van der Waals surface area contributed by atoms with Gasteiger partial charge in [-0.25, -0.2) is 19.6 Å². The average molecular weight is 691 g/mol. The van der Waals surface area contributed by atoms with Crippen LogP contribution in [0, 0.1) is 0 Å². The number of halogens is 3. The topological polar surface area (TPSA) is 146 Å². The van der Waals surface area contributed by atoms with Crippen LogP contribution in [0.25, 0.3) is 0 Å². The number of pyridine rings is 1. The molecule has 3 aromatic carbocycles. The van der Waals surface area contributed by atoms with Crippen molar-refractivity contribution in [3.05, 3.63) is 119 Å². The van der Waals surface area contributed by atoms with E-state index in [1.807, 2.05) is 0 Å². The Hall–Kier alpha value is -5.57. The zero-order valence-corrected chi connectivity index (χ0v) is 26.9. The number of alkyl halides is 3. The molecule has 49 heavy (non-hydrogen) atoms. The van der Waals surface area contributed by atoms with E-state index in [4.69, 9.17) is 4.74 Å². The first kappa shape index (κ1) is 34.8. The van der Waals surface area contributed by atoms with Crippen molar-refractivity contribution >= 4 is 41.8 Å². The summed E-state index contributed by atoms with van der Waals surface area (Å²) in [5.41, 5.74) is -2.10. The maximum Gasteiger partial charge on any atom is 0.416 e. The Morgan fingerprint density at radius 2 is 1.71 bits per heavy atom. The van der Waals surface area contributed by atoms with Crippen molar-refractivity contribution in [3.63, 3.8) is 0 Å². The molecule has 1 aliphatic rings. The highest BCUT2D eigenvalue weighted by Gasteiger charge is 2.46. The molecule has 1 aliphatic heterocycles. The Labute approximate surface area is 282 Å². The first-order valence-corrected chi connectivity index (χ1v) is 15.7. The normalized spacial score (nSPS) is 15.9. The van der Waals surface area contributed by atoms with E-state index >= 15 is 0 Å². The summed E-state index contributed by atoms with van der Waals surface area (Å²) in [6.07, 6.45) is -3.02. The molecular formula is C34H29F3N6O5S. The number of aliphatic carboxylic acids is 1. The smallest absolute Gasteiger partial charge is 0.416 e. The van der Waals surface area contributed by atoms with Gasteiger partial charge >= 0.3 is 18.2 Å². The number of nitrogens with one attached hydrogen (secondary N) is 1. The lowest BCUT2D eigenvalue weighted by Gasteiger charge is -2.28. The number of rotatable bonds is 12. The zero-order chi connectivity index (χ0) is 35.2. The lowest BCUT2D eigenvalue weighted by molar-refractivity contribution is -0.139. The van der Waals surface area contributed by atoms with Crippen LogP contribution in [0.4, 0.5) is 23.8 Å². The second kappa shape index (κ2) is 14.7. The van der Waals surface area contributed by atoms with Gasteiger partial charge in [-0.2, -0.15) is 13.2 Å². The minimum absolute atomic E-state index is 0.0321. The van der Waals surface area contributed by atoms with Crippen LogP contribution in [0.15, 0.2) is 111 Å². The zero-order valence-electron chi connectivity index (χ0n) is 26.1. The molecule has 252 valence electrons. The predicted molar refractivity (Wildman–Crippen MR) is 176 cm³/mol. The largest absolute Gasteiger partial charge is 0.480 e. The van der Waals surface area contributed by atoms with E-state index in [2.05, 4.69) is 25.5 Å². The molecule has 1 amide bonds. The van der Waals surface area contributed by atoms with E-state index in [1.54, 1.807) is 68.7 Å². The predicted octanol–water partition coefficient (Wildman–Crippen LogP) is 6.94. The molecule has 0 saturated heterocycles. The third kappa shape index (κ3) is 8.12. The number of carbonyl (C=O) groups is 3. The number of carboxylic acids is 1. The van der Waals surface area contributed by atoms with Gasteiger partial charge in [0.1, 0.15) is 23.9 Å². The maximum absolute atomic E-state index is 14.5. The minimum atomic E-state index is -4.80. The number of hydrogen-bond acceptors (Lipinski definition) is 10. The summed E-state index contributed by atoms with van der Waals surface area (Å²) in [6.45, 7) is 0. The molecule has 1 unspecified atom stereocenters. The van der Waals surface area contributed by atoms with Gasteiger partial charge in [-0.05, 0) is 42.0 Å². The van der Waals surface area contributed by atoms with Crippen LogP contribution in [0.3, 0.4) is 0 Å². The number of aromatic nitrogens is 1. The van der Waals surface area contributed by atoms with Crippen molar-refractivity contribution in [3.8, 4) is 5.75 Å². The first-order chi connectivity index (χ1) is 23.4. The van der Waals surface area contributed by atoms with Crippen LogP contribution in [-0.4, -0.2) is 65.1 Å². The summed E-state index contributed by atoms with van der Waals surface area (Å²) < 4.78 is 48.7. The van der Waals surface area contributed by atoms with Gasteiger partial charge in [0.25, 0.3) is 0 Å². The van der Waals surface area contributed by atoms with Gasteiger partial charge in [0, 0.05) is 48.3 Å². The number of azo groups is 1. The van der Waals surface area contributed by atoms with Gasteiger partial charge in [0.2, 0.25) is 5.66 Å². The van der Waals surface area contributed by atoms with Crippen LogP contribution in [0.2, 0.25) is 0 Å². The van der Waals surface area contributed by atoms with Crippen LogP contribution in [-0.2, 0) is 23.1 Å². The number of carboxylic acid groups (broad SMARTS) is 1. The number of thioether (sulfide) groups is 1. The summed E-state index contributed by atoms with van der Waals surface area (Å²) in [5.74, 6) is -1.17. The summed E-state index contributed by atoms with van der Waals surface area (Å²) in [6, 6.07) is 20.1. The Morgan fingerprint density at radius 1 is 0.980 bits per heavy atom. The second-order valence-electron chi connectivity index (χ2n) is 11.0. The SMILES string of the molecule is CN(C)C(=O)Oc1ccc(C[C@H](Nc2ccc(C3(c4c(SCC(=O)c5ccccc5)cccc4C(F)(F)F)N=CN=N3)cn2)C(=O)O)cc1. The van der Waals surface area contributed by atoms with Crippen LogP contribution in [0.5, 0.6) is 5.75 Å². The lowest BCUT2D eigenvalue weighted by Crippen LogP contribution is -2.32. The van der Waals surface area contributed by atoms with Gasteiger partial charge in [-0.3, -0.25) is 4.79 Å². The fourth-order valence-electron chi connectivity index (χ4n) is 4.92. The molecule has 0 fully saturated rings. The highest BCUT2D eigenvalue weighted by Crippen LogP contribution is 2.48. The molecule has 11 nitrogen and oxygen atoms in total. The fraction of sp³-hybridized carbons (Fsp3) is 0.206. The van der Waals surface area contributed by atoms with E-state index in [0.717, 1.165) is 24.2 Å². The molecule has 2 heterocycles. The van der Waals surface area contributed by atoms with E-state index in [0.29, 0.717) is 11.1 Å². The molecule has 0 bridgehead atoms. The van der Waals surface area contributed by atoms with Crippen molar-refractivity contribution in [2.75, 3.05) is 25.2 Å². The number of Topliss-reactive ketones (excluding diaryl/α,β-unsaturated/α-hetero) is 1. The van der Waals surface area contributed by atoms with E-state index in [1.165, 1.54) is 35.4 Å². The molecule has 0 spiro atoms. The molecule has 5 rings (SSSR count). The summed E-state index contributed by atoms with van der Waals surface area (Å²) in [5, 5.41) is 20.7. The van der Waals surface area contributed by atoms with Crippen LogP contribution >= 0.6 is 11.8 Å². The quantitative estimate of drug-likeness (QED) is 0.120. The number of benzene rings is 3. The van der Waals surface area contributed by atoms with Crippen molar-refractivity contribution in [2.45, 2.75) is 29.2 Å².